The number of carbonyl (C=O) groups is 1. The number of rotatable bonds is 2. The minimum Gasteiger partial charge on any atom is -0.444 e. The van der Waals surface area contributed by atoms with Gasteiger partial charge in [0.2, 0.25) is 0 Å². The van der Waals surface area contributed by atoms with E-state index < -0.39 is 5.60 Å². The van der Waals surface area contributed by atoms with E-state index in [1.807, 2.05) is 20.8 Å². The largest absolute Gasteiger partial charge is 0.444 e. The summed E-state index contributed by atoms with van der Waals surface area (Å²) in [5.41, 5.74) is -0.619. The van der Waals surface area contributed by atoms with Gasteiger partial charge in [0.15, 0.2) is 0 Å². The first-order chi connectivity index (χ1) is 8.34. The van der Waals surface area contributed by atoms with Crippen LogP contribution < -0.4 is 0 Å². The van der Waals surface area contributed by atoms with Gasteiger partial charge < -0.3 is 19.5 Å². The minimum absolute atomic E-state index is 0.170. The van der Waals surface area contributed by atoms with Crippen molar-refractivity contribution in [1.82, 2.24) is 4.90 Å². The molecule has 2 saturated heterocycles. The summed E-state index contributed by atoms with van der Waals surface area (Å²) in [6.45, 7) is 7.73. The van der Waals surface area contributed by atoms with Crippen LogP contribution in [0.4, 0.5) is 4.79 Å². The molecule has 0 aromatic heterocycles. The normalized spacial score (nSPS) is 26.2. The molecule has 1 unspecified atom stereocenters. The number of ether oxygens (including phenoxy) is 2. The van der Waals surface area contributed by atoms with Crippen LogP contribution in [0.15, 0.2) is 0 Å². The van der Waals surface area contributed by atoms with Crippen molar-refractivity contribution in [3.8, 4) is 0 Å². The number of nitrogens with zero attached hydrogens (tertiary/aromatic N) is 1. The molecule has 104 valence electrons. The van der Waals surface area contributed by atoms with Crippen molar-refractivity contribution in [3.05, 3.63) is 0 Å². The lowest BCUT2D eigenvalue weighted by atomic mass is 9.86. The zero-order chi connectivity index (χ0) is 13.4. The Morgan fingerprint density at radius 3 is 2.72 bits per heavy atom. The van der Waals surface area contributed by atoms with Crippen LogP contribution in [0.1, 0.15) is 33.6 Å². The molecule has 2 aliphatic heterocycles. The van der Waals surface area contributed by atoms with Crippen molar-refractivity contribution in [2.45, 2.75) is 44.8 Å². The fourth-order valence-corrected chi connectivity index (χ4v) is 2.63. The van der Waals surface area contributed by atoms with E-state index in [1.165, 1.54) is 0 Å². The lowest BCUT2D eigenvalue weighted by molar-refractivity contribution is -0.109. The highest BCUT2D eigenvalue weighted by Crippen LogP contribution is 2.39. The average molecular weight is 257 g/mol. The molecule has 5 heteroatoms. The van der Waals surface area contributed by atoms with Crippen LogP contribution in [0.2, 0.25) is 0 Å². The molecule has 0 saturated carbocycles. The average Bonchev–Trinajstić information content (AvgIpc) is 2.57. The fraction of sp³-hybridized carbons (Fsp3) is 0.923. The summed E-state index contributed by atoms with van der Waals surface area (Å²) < 4.78 is 11.1. The SMILES string of the molecule is CC(C)(C)OC(=O)N1CC2(CC(CCO)CO2)C1. The van der Waals surface area contributed by atoms with Gasteiger partial charge in [-0.3, -0.25) is 0 Å². The zero-order valence-corrected chi connectivity index (χ0v) is 11.4. The number of aliphatic hydroxyl groups is 1. The van der Waals surface area contributed by atoms with Crippen LogP contribution in [0.25, 0.3) is 0 Å². The summed E-state index contributed by atoms with van der Waals surface area (Å²) >= 11 is 0. The van der Waals surface area contributed by atoms with E-state index >= 15 is 0 Å². The van der Waals surface area contributed by atoms with Crippen LogP contribution in [-0.2, 0) is 9.47 Å². The molecule has 0 bridgehead atoms. The van der Waals surface area contributed by atoms with Gasteiger partial charge in [-0.05, 0) is 39.5 Å². The van der Waals surface area contributed by atoms with Crippen molar-refractivity contribution in [2.75, 3.05) is 26.3 Å². The second kappa shape index (κ2) is 4.70. The Morgan fingerprint density at radius 1 is 1.50 bits per heavy atom. The monoisotopic (exact) mass is 257 g/mol. The smallest absolute Gasteiger partial charge is 0.410 e. The molecule has 1 spiro atoms. The number of likely N-dealkylation sites (tertiary alicyclic amines) is 1. The molecule has 18 heavy (non-hydrogen) atoms. The second-order valence-corrected chi connectivity index (χ2v) is 6.41. The summed E-state index contributed by atoms with van der Waals surface area (Å²) in [6, 6.07) is 0. The van der Waals surface area contributed by atoms with Gasteiger partial charge in [-0.15, -0.1) is 0 Å². The van der Waals surface area contributed by atoms with Gasteiger partial charge in [0.05, 0.1) is 19.7 Å². The van der Waals surface area contributed by atoms with E-state index in [0.717, 1.165) is 12.8 Å². The maximum Gasteiger partial charge on any atom is 0.410 e. The lowest BCUT2D eigenvalue weighted by Gasteiger charge is -2.47. The fourth-order valence-electron chi connectivity index (χ4n) is 2.63. The third-order valence-electron chi connectivity index (χ3n) is 3.43. The third-order valence-corrected chi connectivity index (χ3v) is 3.43. The van der Waals surface area contributed by atoms with Crippen molar-refractivity contribution in [1.29, 1.82) is 0 Å². The van der Waals surface area contributed by atoms with Gasteiger partial charge >= 0.3 is 6.09 Å². The Balaban J connectivity index is 1.78. The molecule has 1 atom stereocenters. The van der Waals surface area contributed by atoms with E-state index in [-0.39, 0.29) is 18.3 Å². The van der Waals surface area contributed by atoms with Crippen molar-refractivity contribution in [3.63, 3.8) is 0 Å². The van der Waals surface area contributed by atoms with E-state index in [0.29, 0.717) is 25.6 Å². The molecule has 2 heterocycles. The van der Waals surface area contributed by atoms with Crippen LogP contribution in [0, 0.1) is 5.92 Å². The van der Waals surface area contributed by atoms with Crippen LogP contribution in [0.3, 0.4) is 0 Å². The first kappa shape index (κ1) is 13.6. The van der Waals surface area contributed by atoms with Gasteiger partial charge in [-0.1, -0.05) is 0 Å². The zero-order valence-electron chi connectivity index (χ0n) is 11.4. The number of carbonyl (C=O) groups excluding carboxylic acids is 1. The Kier molecular flexibility index (Phi) is 3.56. The number of aliphatic hydroxyl groups excluding tert-OH is 1. The first-order valence-corrected chi connectivity index (χ1v) is 6.56. The van der Waals surface area contributed by atoms with Crippen LogP contribution in [0.5, 0.6) is 0 Å². The Hall–Kier alpha value is -0.810. The Labute approximate surface area is 108 Å². The molecule has 5 nitrogen and oxygen atoms in total. The third kappa shape index (κ3) is 2.95. The van der Waals surface area contributed by atoms with E-state index in [2.05, 4.69) is 0 Å². The molecule has 1 amide bonds. The topological polar surface area (TPSA) is 59.0 Å². The van der Waals surface area contributed by atoms with Gasteiger partial charge in [-0.2, -0.15) is 0 Å². The van der Waals surface area contributed by atoms with E-state index in [4.69, 9.17) is 14.6 Å². The predicted molar refractivity (Wildman–Crippen MR) is 66.3 cm³/mol. The van der Waals surface area contributed by atoms with Crippen molar-refractivity contribution >= 4 is 6.09 Å². The molecule has 0 radical (unpaired) electrons. The second-order valence-electron chi connectivity index (χ2n) is 6.41. The molecule has 0 aromatic carbocycles. The van der Waals surface area contributed by atoms with Gasteiger partial charge in [0.25, 0.3) is 0 Å². The Morgan fingerprint density at radius 2 is 2.17 bits per heavy atom. The van der Waals surface area contributed by atoms with Crippen molar-refractivity contribution < 1.29 is 19.4 Å². The highest BCUT2D eigenvalue weighted by atomic mass is 16.6. The maximum atomic E-state index is 11.8. The van der Waals surface area contributed by atoms with Crippen molar-refractivity contribution in [2.24, 2.45) is 5.92 Å². The predicted octanol–water partition coefficient (Wildman–Crippen LogP) is 1.39. The summed E-state index contributed by atoms with van der Waals surface area (Å²) in [4.78, 5) is 13.5. The first-order valence-electron chi connectivity index (χ1n) is 6.56. The molecule has 0 aromatic rings. The molecule has 0 aliphatic carbocycles. The van der Waals surface area contributed by atoms with Gasteiger partial charge in [0, 0.05) is 6.61 Å². The minimum atomic E-state index is -0.449. The quantitative estimate of drug-likeness (QED) is 0.812. The molecular weight excluding hydrogens is 234 g/mol. The summed E-state index contributed by atoms with van der Waals surface area (Å²) in [6.07, 6.45) is 1.46. The highest BCUT2D eigenvalue weighted by molar-refractivity contribution is 5.69. The molecular formula is C13H23NO4. The Bertz CT molecular complexity index is 317. The molecule has 2 rings (SSSR count). The van der Waals surface area contributed by atoms with E-state index in [1.54, 1.807) is 4.90 Å². The standard InChI is InChI=1S/C13H23NO4/c1-12(2,3)18-11(16)14-8-13(9-14)6-10(4-5-15)7-17-13/h10,15H,4-9H2,1-3H3. The number of hydrogen-bond donors (Lipinski definition) is 1. The van der Waals surface area contributed by atoms with Crippen LogP contribution in [-0.4, -0.2) is 53.6 Å². The summed E-state index contributed by atoms with van der Waals surface area (Å²) in [5.74, 6) is 0.427. The molecule has 2 fully saturated rings. The summed E-state index contributed by atoms with van der Waals surface area (Å²) in [5, 5.41) is 8.92. The number of amides is 1. The number of hydrogen-bond acceptors (Lipinski definition) is 4. The summed E-state index contributed by atoms with van der Waals surface area (Å²) in [7, 11) is 0. The molecule has 1 N–H and O–H groups in total. The lowest BCUT2D eigenvalue weighted by Crippen LogP contribution is -2.63. The van der Waals surface area contributed by atoms with Crippen LogP contribution >= 0.6 is 0 Å². The van der Waals surface area contributed by atoms with Gasteiger partial charge in [0.1, 0.15) is 11.2 Å². The van der Waals surface area contributed by atoms with E-state index in [9.17, 15) is 4.79 Å². The highest BCUT2D eigenvalue weighted by Gasteiger charge is 2.51. The maximum absolute atomic E-state index is 11.8. The molecule has 2 aliphatic rings. The van der Waals surface area contributed by atoms with Gasteiger partial charge in [-0.25, -0.2) is 4.79 Å².